The summed E-state index contributed by atoms with van der Waals surface area (Å²) in [4.78, 5) is 0. The molecule has 0 amide bonds. The summed E-state index contributed by atoms with van der Waals surface area (Å²) in [6.45, 7) is 5.85. The molecule has 0 radical (unpaired) electrons. The molecule has 0 bridgehead atoms. The van der Waals surface area contributed by atoms with E-state index in [2.05, 4.69) is 0 Å². The van der Waals surface area contributed by atoms with Crippen LogP contribution < -0.4 is 0 Å². The first kappa shape index (κ1) is 10.4. The van der Waals surface area contributed by atoms with Gasteiger partial charge in [0, 0.05) is 5.57 Å². The number of rotatable bonds is 1. The fourth-order valence-electron chi connectivity index (χ4n) is 1.55. The van der Waals surface area contributed by atoms with E-state index >= 15 is 0 Å². The van der Waals surface area contributed by atoms with Crippen molar-refractivity contribution in [3.63, 3.8) is 0 Å². The summed E-state index contributed by atoms with van der Waals surface area (Å²) in [5.74, 6) is 0.173. The zero-order chi connectivity index (χ0) is 9.90. The smallest absolute Gasteiger partial charge is 0.276 e. The highest BCUT2D eigenvalue weighted by Gasteiger charge is 2.17. The predicted molar refractivity (Wildman–Crippen MR) is 53.6 cm³/mol. The maximum absolute atomic E-state index is 9.67. The fraction of sp³-hybridized carbons (Fsp3) is 0.818. The molecule has 0 aromatic carbocycles. The van der Waals surface area contributed by atoms with Crippen molar-refractivity contribution in [1.29, 1.82) is 0 Å². The van der Waals surface area contributed by atoms with Crippen LogP contribution in [0.25, 0.3) is 0 Å². The Morgan fingerprint density at radius 1 is 1.15 bits per heavy atom. The third-order valence-corrected chi connectivity index (χ3v) is 2.16. The maximum atomic E-state index is 9.67. The summed E-state index contributed by atoms with van der Waals surface area (Å²) in [6, 6.07) is 0. The molecule has 0 aliphatic heterocycles. The number of allylic oxidation sites excluding steroid dienone is 1. The van der Waals surface area contributed by atoms with Crippen LogP contribution in [-0.4, -0.2) is 10.7 Å². The Labute approximate surface area is 80.6 Å². The summed E-state index contributed by atoms with van der Waals surface area (Å²) in [6.07, 6.45) is 5.66. The van der Waals surface area contributed by atoms with Gasteiger partial charge in [-0.25, -0.2) is 0 Å². The molecule has 0 aromatic heterocycles. The van der Waals surface area contributed by atoms with Crippen molar-refractivity contribution in [1.82, 2.24) is 0 Å². The minimum Gasteiger partial charge on any atom is -0.481 e. The summed E-state index contributed by atoms with van der Waals surface area (Å²) < 4.78 is 5.41. The molecule has 0 unspecified atom stereocenters. The molecule has 0 atom stereocenters. The second-order valence-corrected chi connectivity index (χ2v) is 4.68. The first-order chi connectivity index (χ1) is 5.99. The van der Waals surface area contributed by atoms with Crippen LogP contribution in [-0.2, 0) is 4.74 Å². The molecule has 1 N–H and O–H groups in total. The van der Waals surface area contributed by atoms with Crippen molar-refractivity contribution >= 4 is 0 Å². The highest BCUT2D eigenvalue weighted by Crippen LogP contribution is 2.27. The van der Waals surface area contributed by atoms with Crippen LogP contribution in [0.1, 0.15) is 52.9 Å². The van der Waals surface area contributed by atoms with Crippen LogP contribution in [0.5, 0.6) is 0 Å². The average molecular weight is 184 g/mol. The SMILES string of the molecule is CC(C)(C)OC(O)=C1CCCCC1. The summed E-state index contributed by atoms with van der Waals surface area (Å²) in [7, 11) is 0. The zero-order valence-electron chi connectivity index (χ0n) is 8.89. The Hall–Kier alpha value is -0.660. The zero-order valence-corrected chi connectivity index (χ0v) is 8.89. The molecular weight excluding hydrogens is 164 g/mol. The number of ether oxygens (including phenoxy) is 1. The molecule has 0 spiro atoms. The molecule has 76 valence electrons. The van der Waals surface area contributed by atoms with Gasteiger partial charge in [0.1, 0.15) is 5.60 Å². The van der Waals surface area contributed by atoms with E-state index in [9.17, 15) is 5.11 Å². The average Bonchev–Trinajstić information content (AvgIpc) is 2.03. The van der Waals surface area contributed by atoms with Gasteiger partial charge in [-0.15, -0.1) is 0 Å². The van der Waals surface area contributed by atoms with Crippen LogP contribution in [0.15, 0.2) is 11.5 Å². The van der Waals surface area contributed by atoms with Gasteiger partial charge in [0.05, 0.1) is 0 Å². The van der Waals surface area contributed by atoms with Gasteiger partial charge in [-0.2, -0.15) is 0 Å². The number of hydrogen-bond acceptors (Lipinski definition) is 2. The van der Waals surface area contributed by atoms with Crippen molar-refractivity contribution in [2.24, 2.45) is 0 Å². The van der Waals surface area contributed by atoms with Gasteiger partial charge in [-0.3, -0.25) is 0 Å². The molecule has 13 heavy (non-hydrogen) atoms. The van der Waals surface area contributed by atoms with Crippen LogP contribution in [0.2, 0.25) is 0 Å². The standard InChI is InChI=1S/C11H20O2/c1-11(2,3)13-10(12)9-7-5-4-6-8-9/h12H,4-8H2,1-3H3. The van der Waals surface area contributed by atoms with Gasteiger partial charge in [-0.1, -0.05) is 6.42 Å². The predicted octanol–water partition coefficient (Wildman–Crippen LogP) is 3.54. The molecule has 1 saturated carbocycles. The van der Waals surface area contributed by atoms with E-state index in [1.54, 1.807) is 0 Å². The van der Waals surface area contributed by atoms with Crippen LogP contribution in [0, 0.1) is 0 Å². The van der Waals surface area contributed by atoms with E-state index < -0.39 is 0 Å². The molecule has 2 heteroatoms. The Morgan fingerprint density at radius 3 is 2.15 bits per heavy atom. The van der Waals surface area contributed by atoms with Gasteiger partial charge in [0.15, 0.2) is 0 Å². The van der Waals surface area contributed by atoms with E-state index in [0.29, 0.717) is 0 Å². The van der Waals surface area contributed by atoms with Crippen molar-refractivity contribution < 1.29 is 9.84 Å². The molecule has 1 rings (SSSR count). The van der Waals surface area contributed by atoms with Crippen LogP contribution in [0.4, 0.5) is 0 Å². The van der Waals surface area contributed by atoms with Gasteiger partial charge >= 0.3 is 0 Å². The second-order valence-electron chi connectivity index (χ2n) is 4.68. The highest BCUT2D eigenvalue weighted by molar-refractivity contribution is 5.05. The normalized spacial score (nSPS) is 18.5. The minimum atomic E-state index is -0.283. The van der Waals surface area contributed by atoms with Gasteiger partial charge < -0.3 is 9.84 Å². The first-order valence-corrected chi connectivity index (χ1v) is 5.09. The van der Waals surface area contributed by atoms with E-state index in [1.807, 2.05) is 20.8 Å². The number of aliphatic hydroxyl groups is 1. The summed E-state index contributed by atoms with van der Waals surface area (Å²) >= 11 is 0. The topological polar surface area (TPSA) is 29.5 Å². The van der Waals surface area contributed by atoms with E-state index in [1.165, 1.54) is 19.3 Å². The van der Waals surface area contributed by atoms with E-state index in [4.69, 9.17) is 4.74 Å². The van der Waals surface area contributed by atoms with Crippen molar-refractivity contribution in [3.8, 4) is 0 Å². The third-order valence-electron chi connectivity index (χ3n) is 2.16. The Morgan fingerprint density at radius 2 is 1.69 bits per heavy atom. The Bertz CT molecular complexity index is 191. The lowest BCUT2D eigenvalue weighted by atomic mass is 9.95. The Balaban J connectivity index is 2.56. The third kappa shape index (κ3) is 3.71. The second kappa shape index (κ2) is 4.03. The quantitative estimate of drug-likeness (QED) is 0.632. The molecular formula is C11H20O2. The number of hydrogen-bond donors (Lipinski definition) is 1. The lowest BCUT2D eigenvalue weighted by Crippen LogP contribution is -2.19. The molecule has 0 saturated heterocycles. The fourth-order valence-corrected chi connectivity index (χ4v) is 1.55. The minimum absolute atomic E-state index is 0.173. The molecule has 0 heterocycles. The van der Waals surface area contributed by atoms with E-state index in [0.717, 1.165) is 18.4 Å². The molecule has 1 aliphatic carbocycles. The van der Waals surface area contributed by atoms with Gasteiger partial charge in [-0.05, 0) is 46.5 Å². The van der Waals surface area contributed by atoms with Crippen molar-refractivity contribution in [2.45, 2.75) is 58.5 Å². The summed E-state index contributed by atoms with van der Waals surface area (Å²) in [5.41, 5.74) is 0.815. The van der Waals surface area contributed by atoms with Gasteiger partial charge in [0.2, 0.25) is 0 Å². The largest absolute Gasteiger partial charge is 0.481 e. The molecule has 1 aliphatic rings. The molecule has 0 aromatic rings. The summed E-state index contributed by atoms with van der Waals surface area (Å²) in [5, 5.41) is 9.67. The van der Waals surface area contributed by atoms with Crippen LogP contribution in [0.3, 0.4) is 0 Å². The van der Waals surface area contributed by atoms with Crippen molar-refractivity contribution in [3.05, 3.63) is 11.5 Å². The van der Waals surface area contributed by atoms with E-state index in [-0.39, 0.29) is 11.5 Å². The van der Waals surface area contributed by atoms with Crippen LogP contribution >= 0.6 is 0 Å². The molecule has 2 nitrogen and oxygen atoms in total. The lowest BCUT2D eigenvalue weighted by molar-refractivity contribution is -0.0188. The Kier molecular flexibility index (Phi) is 3.23. The monoisotopic (exact) mass is 184 g/mol. The number of aliphatic hydroxyl groups excluding tert-OH is 1. The highest BCUT2D eigenvalue weighted by atomic mass is 16.6. The van der Waals surface area contributed by atoms with Gasteiger partial charge in [0.25, 0.3) is 5.95 Å². The lowest BCUT2D eigenvalue weighted by Gasteiger charge is -2.23. The molecule has 1 fully saturated rings. The maximum Gasteiger partial charge on any atom is 0.276 e. The first-order valence-electron chi connectivity index (χ1n) is 5.09. The van der Waals surface area contributed by atoms with Crippen molar-refractivity contribution in [2.75, 3.05) is 0 Å².